The van der Waals surface area contributed by atoms with E-state index in [9.17, 15) is 21.6 Å². The van der Waals surface area contributed by atoms with Crippen LogP contribution < -0.4 is 4.74 Å². The number of hydrogen-bond acceptors (Lipinski definition) is 5. The lowest BCUT2D eigenvalue weighted by molar-refractivity contribution is -0.138. The van der Waals surface area contributed by atoms with Crippen molar-refractivity contribution in [1.29, 1.82) is 0 Å². The van der Waals surface area contributed by atoms with E-state index in [4.69, 9.17) is 4.74 Å². The number of pyridine rings is 2. The van der Waals surface area contributed by atoms with Gasteiger partial charge in [0.2, 0.25) is 15.7 Å². The Kier molecular flexibility index (Phi) is 4.69. The Labute approximate surface area is 130 Å². The maximum absolute atomic E-state index is 12.9. The molecular formula is C14H11F3N2O3S. The Morgan fingerprint density at radius 1 is 1.13 bits per heavy atom. The number of halogens is 3. The van der Waals surface area contributed by atoms with E-state index in [2.05, 4.69) is 9.97 Å². The minimum absolute atomic E-state index is 0.144. The molecular weight excluding hydrogens is 333 g/mol. The third kappa shape index (κ3) is 3.86. The van der Waals surface area contributed by atoms with Crippen molar-refractivity contribution in [3.8, 4) is 5.88 Å². The fourth-order valence-electron chi connectivity index (χ4n) is 1.76. The zero-order chi connectivity index (χ0) is 17.1. The van der Waals surface area contributed by atoms with Gasteiger partial charge in [-0.05, 0) is 30.3 Å². The van der Waals surface area contributed by atoms with Crippen LogP contribution in [0.4, 0.5) is 13.2 Å². The zero-order valence-electron chi connectivity index (χ0n) is 11.8. The number of nitrogens with zero attached hydrogens (tertiary/aromatic N) is 2. The van der Waals surface area contributed by atoms with Crippen molar-refractivity contribution in [2.75, 3.05) is 7.11 Å². The molecule has 23 heavy (non-hydrogen) atoms. The summed E-state index contributed by atoms with van der Waals surface area (Å²) in [4.78, 5) is 7.06. The summed E-state index contributed by atoms with van der Waals surface area (Å²) in [6, 6.07) is 4.57. The molecule has 5 nitrogen and oxygen atoms in total. The van der Waals surface area contributed by atoms with Crippen LogP contribution in [0.1, 0.15) is 11.3 Å². The van der Waals surface area contributed by atoms with Gasteiger partial charge in [0.25, 0.3) is 0 Å². The average Bonchev–Trinajstić information content (AvgIpc) is 2.52. The first-order valence-corrected chi connectivity index (χ1v) is 7.75. The van der Waals surface area contributed by atoms with E-state index in [1.165, 1.54) is 25.4 Å². The molecule has 2 rings (SSSR count). The number of ether oxygens (including phenoxy) is 1. The number of aromatic nitrogens is 2. The summed E-state index contributed by atoms with van der Waals surface area (Å²) < 4.78 is 67.9. The fraction of sp³-hybridized carbons (Fsp3) is 0.143. The molecule has 0 spiro atoms. The highest BCUT2D eigenvalue weighted by Crippen LogP contribution is 2.32. The SMILES string of the molecule is COc1ncccc1S(=O)(=O)/C=C/c1ncccc1C(F)(F)F. The van der Waals surface area contributed by atoms with Crippen LogP contribution in [0.3, 0.4) is 0 Å². The molecule has 0 saturated carbocycles. The molecule has 0 atom stereocenters. The third-order valence-electron chi connectivity index (χ3n) is 2.79. The molecule has 0 saturated heterocycles. The average molecular weight is 344 g/mol. The Bertz CT molecular complexity index is 833. The first-order valence-electron chi connectivity index (χ1n) is 6.20. The van der Waals surface area contributed by atoms with Crippen molar-refractivity contribution < 1.29 is 26.3 Å². The summed E-state index contributed by atoms with van der Waals surface area (Å²) in [5.74, 6) is -0.144. The maximum Gasteiger partial charge on any atom is 0.418 e. The molecule has 0 radical (unpaired) electrons. The highest BCUT2D eigenvalue weighted by molar-refractivity contribution is 7.94. The molecule has 0 N–H and O–H groups in total. The lowest BCUT2D eigenvalue weighted by Crippen LogP contribution is -2.08. The minimum Gasteiger partial charge on any atom is -0.480 e. The summed E-state index contributed by atoms with van der Waals surface area (Å²) in [6.07, 6.45) is -1.36. The standard InChI is InChI=1S/C14H11F3N2O3S/c1-22-13-12(5-3-8-19-13)23(20,21)9-6-11-10(14(15,16)17)4-2-7-18-11/h2-9H,1H3/b9-6+. The second kappa shape index (κ2) is 6.37. The normalized spacial score (nSPS) is 12.5. The molecule has 2 aromatic rings. The summed E-state index contributed by atoms with van der Waals surface area (Å²) in [7, 11) is -2.80. The number of rotatable bonds is 4. The van der Waals surface area contributed by atoms with Crippen molar-refractivity contribution in [2.45, 2.75) is 11.1 Å². The molecule has 122 valence electrons. The number of hydrogen-bond donors (Lipinski definition) is 0. The molecule has 2 aromatic heterocycles. The Morgan fingerprint density at radius 2 is 1.78 bits per heavy atom. The molecule has 0 bridgehead atoms. The monoisotopic (exact) mass is 344 g/mol. The molecule has 0 aliphatic heterocycles. The Hall–Kier alpha value is -2.42. The number of sulfone groups is 1. The molecule has 0 amide bonds. The van der Waals surface area contributed by atoms with Gasteiger partial charge in [-0.15, -0.1) is 0 Å². The van der Waals surface area contributed by atoms with Gasteiger partial charge in [0, 0.05) is 17.8 Å². The van der Waals surface area contributed by atoms with Gasteiger partial charge in [-0.3, -0.25) is 4.98 Å². The van der Waals surface area contributed by atoms with Crippen molar-refractivity contribution in [3.63, 3.8) is 0 Å². The third-order valence-corrected chi connectivity index (χ3v) is 4.20. The van der Waals surface area contributed by atoms with Crippen LogP contribution in [0.15, 0.2) is 47.0 Å². The molecule has 0 fully saturated rings. The topological polar surface area (TPSA) is 69.2 Å². The van der Waals surface area contributed by atoms with Crippen molar-refractivity contribution in [3.05, 3.63) is 53.3 Å². The quantitative estimate of drug-likeness (QED) is 0.853. The summed E-state index contributed by atoms with van der Waals surface area (Å²) in [6.45, 7) is 0. The largest absolute Gasteiger partial charge is 0.480 e. The maximum atomic E-state index is 12.9. The predicted octanol–water partition coefficient (Wildman–Crippen LogP) is 2.95. The van der Waals surface area contributed by atoms with Gasteiger partial charge in [0.05, 0.1) is 18.4 Å². The van der Waals surface area contributed by atoms with Gasteiger partial charge >= 0.3 is 6.18 Å². The van der Waals surface area contributed by atoms with Crippen LogP contribution in [0.2, 0.25) is 0 Å². The van der Waals surface area contributed by atoms with E-state index in [1.54, 1.807) is 0 Å². The van der Waals surface area contributed by atoms with E-state index >= 15 is 0 Å². The van der Waals surface area contributed by atoms with E-state index in [0.717, 1.165) is 24.4 Å². The minimum atomic E-state index is -4.64. The molecule has 0 aliphatic carbocycles. The van der Waals surface area contributed by atoms with Gasteiger partial charge in [-0.2, -0.15) is 13.2 Å². The second-order valence-corrected chi connectivity index (χ2v) is 6.09. The van der Waals surface area contributed by atoms with Crippen molar-refractivity contribution in [2.24, 2.45) is 0 Å². The Morgan fingerprint density at radius 3 is 2.43 bits per heavy atom. The van der Waals surface area contributed by atoms with E-state index < -0.39 is 27.3 Å². The molecule has 0 aromatic carbocycles. The van der Waals surface area contributed by atoms with Crippen molar-refractivity contribution >= 4 is 15.9 Å². The second-order valence-electron chi connectivity index (χ2n) is 4.29. The van der Waals surface area contributed by atoms with Crippen LogP contribution >= 0.6 is 0 Å². The molecule has 9 heteroatoms. The summed E-state index contributed by atoms with van der Waals surface area (Å²) in [5, 5.41) is 0.643. The highest BCUT2D eigenvalue weighted by atomic mass is 32.2. The van der Waals surface area contributed by atoms with E-state index in [0.29, 0.717) is 5.41 Å². The van der Waals surface area contributed by atoms with Gasteiger partial charge in [0.15, 0.2) is 0 Å². The Balaban J connectivity index is 2.45. The molecule has 2 heterocycles. The molecule has 0 aliphatic rings. The summed E-state index contributed by atoms with van der Waals surface area (Å²) >= 11 is 0. The first kappa shape index (κ1) is 16.9. The van der Waals surface area contributed by atoms with Crippen LogP contribution in [0.25, 0.3) is 6.08 Å². The lowest BCUT2D eigenvalue weighted by Gasteiger charge is -2.09. The van der Waals surface area contributed by atoms with Crippen LogP contribution in [-0.2, 0) is 16.0 Å². The lowest BCUT2D eigenvalue weighted by atomic mass is 10.2. The van der Waals surface area contributed by atoms with Crippen LogP contribution in [-0.4, -0.2) is 25.5 Å². The molecule has 0 unspecified atom stereocenters. The van der Waals surface area contributed by atoms with Crippen LogP contribution in [0.5, 0.6) is 5.88 Å². The van der Waals surface area contributed by atoms with E-state index in [-0.39, 0.29) is 10.8 Å². The van der Waals surface area contributed by atoms with Gasteiger partial charge in [-0.25, -0.2) is 13.4 Å². The van der Waals surface area contributed by atoms with Crippen LogP contribution in [0, 0.1) is 0 Å². The van der Waals surface area contributed by atoms with Gasteiger partial charge < -0.3 is 4.74 Å². The smallest absolute Gasteiger partial charge is 0.418 e. The highest BCUT2D eigenvalue weighted by Gasteiger charge is 2.33. The zero-order valence-corrected chi connectivity index (χ0v) is 12.6. The van der Waals surface area contributed by atoms with Gasteiger partial charge in [0.1, 0.15) is 4.90 Å². The van der Waals surface area contributed by atoms with Gasteiger partial charge in [-0.1, -0.05) is 0 Å². The fourth-order valence-corrected chi connectivity index (χ4v) is 2.87. The number of methoxy groups -OCH3 is 1. The summed E-state index contributed by atoms with van der Waals surface area (Å²) in [5.41, 5.74) is -1.52. The van der Waals surface area contributed by atoms with Crippen molar-refractivity contribution in [1.82, 2.24) is 9.97 Å². The van der Waals surface area contributed by atoms with E-state index in [1.807, 2.05) is 0 Å². The number of alkyl halides is 3. The predicted molar refractivity (Wildman–Crippen MR) is 76.2 cm³/mol. The first-order chi connectivity index (χ1) is 10.8.